The van der Waals surface area contributed by atoms with Gasteiger partial charge < -0.3 is 4.74 Å². The molecule has 0 saturated heterocycles. The molecule has 2 rings (SSSR count). The summed E-state index contributed by atoms with van der Waals surface area (Å²) >= 11 is 0. The number of hydrazone groups is 1. The summed E-state index contributed by atoms with van der Waals surface area (Å²) in [6.45, 7) is 5.96. The maximum Gasteiger partial charge on any atom is 0.277 e. The van der Waals surface area contributed by atoms with E-state index in [0.29, 0.717) is 5.75 Å². The van der Waals surface area contributed by atoms with Gasteiger partial charge in [-0.1, -0.05) is 35.9 Å². The third-order valence-corrected chi connectivity index (χ3v) is 3.18. The first kappa shape index (κ1) is 15.8. The van der Waals surface area contributed by atoms with Crippen LogP contribution in [-0.4, -0.2) is 18.7 Å². The van der Waals surface area contributed by atoms with Crippen molar-refractivity contribution >= 4 is 12.1 Å². The van der Waals surface area contributed by atoms with Crippen LogP contribution < -0.4 is 10.2 Å². The number of carbonyl (C=O) groups excluding carboxylic acids is 1. The van der Waals surface area contributed by atoms with Gasteiger partial charge in [0.25, 0.3) is 5.91 Å². The van der Waals surface area contributed by atoms with Crippen LogP contribution in [-0.2, 0) is 4.79 Å². The van der Waals surface area contributed by atoms with Gasteiger partial charge in [-0.25, -0.2) is 5.43 Å². The first-order chi connectivity index (χ1) is 10.5. The van der Waals surface area contributed by atoms with Crippen molar-refractivity contribution in [1.82, 2.24) is 5.43 Å². The van der Waals surface area contributed by atoms with Crippen LogP contribution in [0.15, 0.2) is 47.6 Å². The van der Waals surface area contributed by atoms with E-state index in [1.165, 1.54) is 5.56 Å². The topological polar surface area (TPSA) is 50.7 Å². The number of hydrogen-bond donors (Lipinski definition) is 1. The van der Waals surface area contributed by atoms with Gasteiger partial charge in [0.05, 0.1) is 6.21 Å². The van der Waals surface area contributed by atoms with Gasteiger partial charge >= 0.3 is 0 Å². The molecule has 0 heterocycles. The minimum atomic E-state index is -0.289. The standard InChI is InChI=1S/C18H20N2O2/c1-13-5-4-6-17(10-13)22-12-18(21)20-19-11-16-8-7-14(2)9-15(16)3/h4-11H,12H2,1-3H3,(H,20,21)/b19-11+. The fourth-order valence-corrected chi connectivity index (χ4v) is 2.03. The van der Waals surface area contributed by atoms with Crippen LogP contribution in [0.3, 0.4) is 0 Å². The Morgan fingerprint density at radius 3 is 2.64 bits per heavy atom. The number of hydrogen-bond acceptors (Lipinski definition) is 3. The van der Waals surface area contributed by atoms with E-state index in [1.807, 2.05) is 57.2 Å². The van der Waals surface area contributed by atoms with Crippen molar-refractivity contribution in [2.45, 2.75) is 20.8 Å². The Bertz CT molecular complexity index is 693. The molecule has 0 aliphatic heterocycles. The summed E-state index contributed by atoms with van der Waals surface area (Å²) in [5.74, 6) is 0.385. The summed E-state index contributed by atoms with van der Waals surface area (Å²) in [5.41, 5.74) is 6.85. The first-order valence-electron chi connectivity index (χ1n) is 7.13. The highest BCUT2D eigenvalue weighted by atomic mass is 16.5. The Hall–Kier alpha value is -2.62. The van der Waals surface area contributed by atoms with E-state index in [9.17, 15) is 4.79 Å². The lowest BCUT2D eigenvalue weighted by molar-refractivity contribution is -0.123. The summed E-state index contributed by atoms with van der Waals surface area (Å²) in [6.07, 6.45) is 1.64. The van der Waals surface area contributed by atoms with Crippen LogP contribution in [0.5, 0.6) is 5.75 Å². The Balaban J connectivity index is 1.83. The molecule has 2 aromatic rings. The fraction of sp³-hybridized carbons (Fsp3) is 0.222. The van der Waals surface area contributed by atoms with Gasteiger partial charge in [-0.15, -0.1) is 0 Å². The third kappa shape index (κ3) is 4.74. The molecule has 1 amide bonds. The number of benzene rings is 2. The second-order valence-electron chi connectivity index (χ2n) is 5.26. The molecule has 0 aliphatic rings. The Morgan fingerprint density at radius 2 is 1.91 bits per heavy atom. The van der Waals surface area contributed by atoms with Crippen LogP contribution >= 0.6 is 0 Å². The van der Waals surface area contributed by atoms with Crippen LogP contribution in [0.4, 0.5) is 0 Å². The number of carbonyl (C=O) groups is 1. The number of nitrogens with one attached hydrogen (secondary N) is 1. The summed E-state index contributed by atoms with van der Waals surface area (Å²) in [7, 11) is 0. The SMILES string of the molecule is Cc1cccc(OCC(=O)N/N=C/c2ccc(C)cc2C)c1. The molecule has 0 saturated carbocycles. The molecule has 4 heteroatoms. The van der Waals surface area contributed by atoms with Crippen molar-refractivity contribution in [3.8, 4) is 5.75 Å². The molecule has 0 atom stereocenters. The molecule has 0 fully saturated rings. The highest BCUT2D eigenvalue weighted by Crippen LogP contribution is 2.12. The van der Waals surface area contributed by atoms with E-state index >= 15 is 0 Å². The summed E-state index contributed by atoms with van der Waals surface area (Å²) < 4.78 is 5.40. The maximum atomic E-state index is 11.7. The highest BCUT2D eigenvalue weighted by molar-refractivity contribution is 5.84. The Morgan fingerprint density at radius 1 is 1.14 bits per heavy atom. The number of rotatable bonds is 5. The zero-order chi connectivity index (χ0) is 15.9. The lowest BCUT2D eigenvalue weighted by Crippen LogP contribution is -2.24. The minimum Gasteiger partial charge on any atom is -0.484 e. The molecule has 0 unspecified atom stereocenters. The van der Waals surface area contributed by atoms with Gasteiger partial charge in [-0.3, -0.25) is 4.79 Å². The van der Waals surface area contributed by atoms with E-state index in [-0.39, 0.29) is 12.5 Å². The molecule has 4 nitrogen and oxygen atoms in total. The summed E-state index contributed by atoms with van der Waals surface area (Å²) in [4.78, 5) is 11.7. The van der Waals surface area contributed by atoms with Crippen molar-refractivity contribution in [2.75, 3.05) is 6.61 Å². The van der Waals surface area contributed by atoms with Gasteiger partial charge in [-0.2, -0.15) is 5.10 Å². The Kier molecular flexibility index (Phi) is 5.31. The Labute approximate surface area is 130 Å². The lowest BCUT2D eigenvalue weighted by Gasteiger charge is -2.05. The number of nitrogens with zero attached hydrogens (tertiary/aromatic N) is 1. The van der Waals surface area contributed by atoms with Crippen molar-refractivity contribution in [3.63, 3.8) is 0 Å². The lowest BCUT2D eigenvalue weighted by atomic mass is 10.1. The van der Waals surface area contributed by atoms with E-state index in [0.717, 1.165) is 16.7 Å². The van der Waals surface area contributed by atoms with Crippen LogP contribution in [0, 0.1) is 20.8 Å². The van der Waals surface area contributed by atoms with Crippen LogP contribution in [0.25, 0.3) is 0 Å². The van der Waals surface area contributed by atoms with Crippen LogP contribution in [0.1, 0.15) is 22.3 Å². The van der Waals surface area contributed by atoms with Crippen LogP contribution in [0.2, 0.25) is 0 Å². The number of amides is 1. The molecule has 0 radical (unpaired) electrons. The van der Waals surface area contributed by atoms with Gasteiger partial charge in [0.2, 0.25) is 0 Å². The van der Waals surface area contributed by atoms with E-state index < -0.39 is 0 Å². The first-order valence-corrected chi connectivity index (χ1v) is 7.13. The minimum absolute atomic E-state index is 0.0618. The number of ether oxygens (including phenoxy) is 1. The monoisotopic (exact) mass is 296 g/mol. The van der Waals surface area contributed by atoms with Crippen molar-refractivity contribution in [1.29, 1.82) is 0 Å². The van der Waals surface area contributed by atoms with Gasteiger partial charge in [0, 0.05) is 0 Å². The average Bonchev–Trinajstić information content (AvgIpc) is 2.47. The molecular weight excluding hydrogens is 276 g/mol. The molecule has 114 valence electrons. The van der Waals surface area contributed by atoms with E-state index in [2.05, 4.69) is 16.6 Å². The predicted molar refractivity (Wildman–Crippen MR) is 88.3 cm³/mol. The second-order valence-corrected chi connectivity index (χ2v) is 5.26. The zero-order valence-electron chi connectivity index (χ0n) is 13.1. The molecular formula is C18H20N2O2. The summed E-state index contributed by atoms with van der Waals surface area (Å²) in [6, 6.07) is 13.6. The largest absolute Gasteiger partial charge is 0.484 e. The van der Waals surface area contributed by atoms with Crippen molar-refractivity contribution < 1.29 is 9.53 Å². The molecule has 0 aliphatic carbocycles. The van der Waals surface area contributed by atoms with Gasteiger partial charge in [-0.05, 0) is 49.6 Å². The normalized spacial score (nSPS) is 10.7. The molecule has 0 bridgehead atoms. The predicted octanol–water partition coefficient (Wildman–Crippen LogP) is 3.14. The van der Waals surface area contributed by atoms with E-state index in [4.69, 9.17) is 4.74 Å². The second kappa shape index (κ2) is 7.41. The zero-order valence-corrected chi connectivity index (χ0v) is 13.1. The van der Waals surface area contributed by atoms with Gasteiger partial charge in [0.1, 0.15) is 5.75 Å². The number of aryl methyl sites for hydroxylation is 3. The van der Waals surface area contributed by atoms with Crippen molar-refractivity contribution in [2.24, 2.45) is 5.10 Å². The fourth-order valence-electron chi connectivity index (χ4n) is 2.03. The van der Waals surface area contributed by atoms with Gasteiger partial charge in [0.15, 0.2) is 6.61 Å². The molecule has 0 aromatic heterocycles. The molecule has 0 spiro atoms. The summed E-state index contributed by atoms with van der Waals surface area (Å²) in [5, 5.41) is 3.96. The van der Waals surface area contributed by atoms with Crippen molar-refractivity contribution in [3.05, 3.63) is 64.7 Å². The third-order valence-electron chi connectivity index (χ3n) is 3.18. The highest BCUT2D eigenvalue weighted by Gasteiger charge is 2.01. The molecule has 2 aromatic carbocycles. The maximum absolute atomic E-state index is 11.7. The quantitative estimate of drug-likeness (QED) is 0.680. The molecule has 22 heavy (non-hydrogen) atoms. The smallest absolute Gasteiger partial charge is 0.277 e. The average molecular weight is 296 g/mol. The molecule has 1 N–H and O–H groups in total. The van der Waals surface area contributed by atoms with E-state index in [1.54, 1.807) is 6.21 Å².